The molecule has 2 nitrogen and oxygen atoms in total. The molecular formula is C20H26INO. The first-order valence-electron chi connectivity index (χ1n) is 7.72. The number of likely N-dealkylation sites (N-methyl/N-ethyl adjacent to an activating group) is 1. The van der Waals surface area contributed by atoms with E-state index in [9.17, 15) is 0 Å². The third kappa shape index (κ3) is 6.75. The van der Waals surface area contributed by atoms with E-state index in [1.807, 2.05) is 30.3 Å². The smallest absolute Gasteiger partial charge is 0.140 e. The topological polar surface area (TPSA) is 9.23 Å². The molecule has 0 radical (unpaired) electrons. The van der Waals surface area contributed by atoms with Crippen molar-refractivity contribution in [3.63, 3.8) is 0 Å². The number of hydrogen-bond donors (Lipinski definition) is 0. The van der Waals surface area contributed by atoms with Crippen molar-refractivity contribution < 1.29 is 33.2 Å². The summed E-state index contributed by atoms with van der Waals surface area (Å²) in [5.41, 5.74) is 2.38. The average molecular weight is 423 g/mol. The van der Waals surface area contributed by atoms with Crippen LogP contribution in [-0.4, -0.2) is 38.3 Å². The summed E-state index contributed by atoms with van der Waals surface area (Å²) < 4.78 is 6.77. The van der Waals surface area contributed by atoms with Crippen molar-refractivity contribution in [1.29, 1.82) is 0 Å². The molecule has 2 aromatic carbocycles. The van der Waals surface area contributed by atoms with E-state index < -0.39 is 0 Å². The number of hydrogen-bond acceptors (Lipinski definition) is 1. The van der Waals surface area contributed by atoms with E-state index in [-0.39, 0.29) is 24.0 Å². The van der Waals surface area contributed by atoms with Gasteiger partial charge in [-0.25, -0.2) is 0 Å². The van der Waals surface area contributed by atoms with Crippen molar-refractivity contribution in [2.24, 2.45) is 0 Å². The van der Waals surface area contributed by atoms with Gasteiger partial charge in [-0.3, -0.25) is 0 Å². The Hall–Kier alpha value is -1.33. The second-order valence-electron chi connectivity index (χ2n) is 6.59. The van der Waals surface area contributed by atoms with Gasteiger partial charge < -0.3 is 33.2 Å². The van der Waals surface area contributed by atoms with E-state index in [2.05, 4.69) is 64.5 Å². The van der Waals surface area contributed by atoms with Gasteiger partial charge in [-0.15, -0.1) is 0 Å². The molecule has 0 aliphatic carbocycles. The molecule has 3 heteroatoms. The molecule has 2 aromatic rings. The fraction of sp³-hybridized carbons (Fsp3) is 0.300. The predicted octanol–water partition coefficient (Wildman–Crippen LogP) is 1.33. The van der Waals surface area contributed by atoms with Crippen LogP contribution in [0.5, 0.6) is 5.75 Å². The van der Waals surface area contributed by atoms with Gasteiger partial charge in [-0.2, -0.15) is 0 Å². The third-order valence-corrected chi connectivity index (χ3v) is 3.96. The van der Waals surface area contributed by atoms with E-state index in [1.54, 1.807) is 0 Å². The van der Waals surface area contributed by atoms with Crippen LogP contribution in [0.4, 0.5) is 0 Å². The maximum atomic E-state index is 5.87. The molecule has 0 saturated carbocycles. The Kier molecular flexibility index (Phi) is 7.79. The Morgan fingerprint density at radius 1 is 0.870 bits per heavy atom. The Morgan fingerprint density at radius 3 is 1.91 bits per heavy atom. The lowest BCUT2D eigenvalue weighted by atomic mass is 10.1. The molecule has 0 N–H and O–H groups in total. The van der Waals surface area contributed by atoms with Gasteiger partial charge in [0.25, 0.3) is 0 Å². The van der Waals surface area contributed by atoms with Crippen LogP contribution < -0.4 is 28.7 Å². The minimum Gasteiger partial charge on any atom is -1.00 e. The van der Waals surface area contributed by atoms with Crippen molar-refractivity contribution in [3.05, 3.63) is 65.7 Å². The first kappa shape index (κ1) is 19.7. The molecule has 0 heterocycles. The third-order valence-electron chi connectivity index (χ3n) is 3.96. The number of rotatable bonds is 6. The van der Waals surface area contributed by atoms with E-state index >= 15 is 0 Å². The fourth-order valence-electron chi connectivity index (χ4n) is 1.87. The van der Waals surface area contributed by atoms with Crippen molar-refractivity contribution in [2.45, 2.75) is 13.0 Å². The van der Waals surface area contributed by atoms with Gasteiger partial charge in [0.1, 0.15) is 18.4 Å². The summed E-state index contributed by atoms with van der Waals surface area (Å²) in [6, 6.07) is 19.0. The van der Waals surface area contributed by atoms with Gasteiger partial charge in [0, 0.05) is 0 Å². The molecule has 0 saturated heterocycles. The van der Waals surface area contributed by atoms with Crippen LogP contribution in [0.2, 0.25) is 0 Å². The summed E-state index contributed by atoms with van der Waals surface area (Å²) in [7, 11) is 6.56. The maximum Gasteiger partial charge on any atom is 0.140 e. The van der Waals surface area contributed by atoms with Crippen molar-refractivity contribution in [2.75, 3.05) is 27.7 Å². The van der Waals surface area contributed by atoms with Gasteiger partial charge in [0.2, 0.25) is 0 Å². The second-order valence-corrected chi connectivity index (χ2v) is 6.59. The van der Waals surface area contributed by atoms with E-state index in [0.717, 1.165) is 16.8 Å². The Labute approximate surface area is 157 Å². The molecule has 0 aromatic heterocycles. The van der Waals surface area contributed by atoms with Gasteiger partial charge in [-0.1, -0.05) is 54.6 Å². The van der Waals surface area contributed by atoms with E-state index in [1.165, 1.54) is 11.1 Å². The van der Waals surface area contributed by atoms with Gasteiger partial charge >= 0.3 is 0 Å². The molecule has 23 heavy (non-hydrogen) atoms. The normalized spacial score (nSPS) is 12.7. The molecule has 0 fully saturated rings. The zero-order chi connectivity index (χ0) is 16.0. The SMILES string of the molecule is CC(COc1ccc(C=Cc2ccccc2)cc1)[N+](C)(C)C.[I-]. The Morgan fingerprint density at radius 2 is 1.39 bits per heavy atom. The second kappa shape index (κ2) is 9.08. The summed E-state index contributed by atoms with van der Waals surface area (Å²) >= 11 is 0. The fourth-order valence-corrected chi connectivity index (χ4v) is 1.87. The summed E-state index contributed by atoms with van der Waals surface area (Å²) in [6.07, 6.45) is 4.24. The number of halogens is 1. The zero-order valence-corrected chi connectivity index (χ0v) is 16.5. The van der Waals surface area contributed by atoms with Crippen molar-refractivity contribution in [1.82, 2.24) is 0 Å². The standard InChI is InChI=1S/C20H26NO.HI/c1-17(21(2,3)4)16-22-20-14-12-19(13-15-20)11-10-18-8-6-5-7-9-18;/h5-15,17H,16H2,1-4H3;1H/q+1;/p-1. The van der Waals surface area contributed by atoms with Crippen LogP contribution in [0.25, 0.3) is 12.2 Å². The highest BCUT2D eigenvalue weighted by Crippen LogP contribution is 2.15. The summed E-state index contributed by atoms with van der Waals surface area (Å²) in [5.74, 6) is 0.928. The monoisotopic (exact) mass is 423 g/mol. The van der Waals surface area contributed by atoms with E-state index in [4.69, 9.17) is 4.74 Å². The van der Waals surface area contributed by atoms with Crippen LogP contribution in [0.3, 0.4) is 0 Å². The molecular weight excluding hydrogens is 397 g/mol. The van der Waals surface area contributed by atoms with Gasteiger partial charge in [-0.05, 0) is 30.2 Å². The number of ether oxygens (including phenoxy) is 1. The van der Waals surface area contributed by atoms with Crippen LogP contribution in [-0.2, 0) is 0 Å². The molecule has 124 valence electrons. The van der Waals surface area contributed by atoms with Gasteiger partial charge in [0.15, 0.2) is 0 Å². The van der Waals surface area contributed by atoms with Crippen LogP contribution >= 0.6 is 0 Å². The highest BCUT2D eigenvalue weighted by atomic mass is 127. The summed E-state index contributed by atoms with van der Waals surface area (Å²) in [4.78, 5) is 0. The quantitative estimate of drug-likeness (QED) is 0.387. The predicted molar refractivity (Wildman–Crippen MR) is 94.8 cm³/mol. The highest BCUT2D eigenvalue weighted by molar-refractivity contribution is 5.69. The highest BCUT2D eigenvalue weighted by Gasteiger charge is 2.18. The molecule has 0 bridgehead atoms. The number of quaternary nitrogens is 1. The van der Waals surface area contributed by atoms with Gasteiger partial charge in [0.05, 0.1) is 21.1 Å². The lowest BCUT2D eigenvalue weighted by Crippen LogP contribution is -3.00. The number of benzene rings is 2. The Balaban J connectivity index is 0.00000264. The molecule has 1 unspecified atom stereocenters. The lowest BCUT2D eigenvalue weighted by Gasteiger charge is -2.31. The molecule has 0 aliphatic rings. The largest absolute Gasteiger partial charge is 1.00 e. The minimum absolute atomic E-state index is 0. The lowest BCUT2D eigenvalue weighted by molar-refractivity contribution is -0.894. The van der Waals surface area contributed by atoms with Crippen molar-refractivity contribution >= 4 is 12.2 Å². The zero-order valence-electron chi connectivity index (χ0n) is 14.4. The molecule has 0 aliphatic heterocycles. The van der Waals surface area contributed by atoms with Crippen LogP contribution in [0.15, 0.2) is 54.6 Å². The molecule has 0 amide bonds. The Bertz CT molecular complexity index is 600. The summed E-state index contributed by atoms with van der Waals surface area (Å²) in [5, 5.41) is 0. The molecule has 1 atom stereocenters. The number of nitrogens with zero attached hydrogens (tertiary/aromatic N) is 1. The minimum atomic E-state index is 0. The molecule has 2 rings (SSSR count). The van der Waals surface area contributed by atoms with Crippen molar-refractivity contribution in [3.8, 4) is 5.75 Å². The molecule has 0 spiro atoms. The van der Waals surface area contributed by atoms with Crippen LogP contribution in [0.1, 0.15) is 18.1 Å². The van der Waals surface area contributed by atoms with Crippen LogP contribution in [0, 0.1) is 0 Å². The van der Waals surface area contributed by atoms with E-state index in [0.29, 0.717) is 6.04 Å². The maximum absolute atomic E-state index is 5.87. The summed E-state index contributed by atoms with van der Waals surface area (Å²) in [6.45, 7) is 2.93. The average Bonchev–Trinajstić information content (AvgIpc) is 2.51. The first-order valence-corrected chi connectivity index (χ1v) is 7.72. The first-order chi connectivity index (χ1) is 10.4.